The van der Waals surface area contributed by atoms with Gasteiger partial charge in [-0.3, -0.25) is 9.36 Å². The zero-order valence-corrected chi connectivity index (χ0v) is 16.6. The van der Waals surface area contributed by atoms with Gasteiger partial charge in [-0.2, -0.15) is 0 Å². The average Bonchev–Trinajstić information content (AvgIpc) is 3.17. The molecule has 3 aromatic heterocycles. The van der Waals surface area contributed by atoms with Gasteiger partial charge in [0, 0.05) is 22.3 Å². The highest BCUT2D eigenvalue weighted by atomic mass is 32.1. The van der Waals surface area contributed by atoms with Crippen LogP contribution >= 0.6 is 11.3 Å². The van der Waals surface area contributed by atoms with Crippen molar-refractivity contribution < 1.29 is 4.74 Å². The molecular weight excluding hydrogens is 370 g/mol. The molecule has 1 aliphatic heterocycles. The lowest BCUT2D eigenvalue weighted by Crippen LogP contribution is -2.27. The molecule has 6 rings (SSSR count). The standard InChI is InChI=1S/C22H21N3O2S/c1-27-12-7-8-16-15(11-12)13-9-10-25-20(19(13)23-16)24-21-18(22(25)26)14-5-3-2-4-6-17(14)28-21/h7-8,11,23H,2-6,9-10H2,1H3. The van der Waals surface area contributed by atoms with Crippen molar-refractivity contribution in [3.63, 3.8) is 0 Å². The van der Waals surface area contributed by atoms with Crippen LogP contribution in [0.5, 0.6) is 5.75 Å². The van der Waals surface area contributed by atoms with Crippen molar-refractivity contribution in [2.75, 3.05) is 7.11 Å². The Hall–Kier alpha value is -2.60. The van der Waals surface area contributed by atoms with E-state index >= 15 is 0 Å². The number of hydrogen-bond donors (Lipinski definition) is 1. The number of nitrogens with one attached hydrogen (secondary N) is 1. The summed E-state index contributed by atoms with van der Waals surface area (Å²) >= 11 is 1.73. The molecule has 1 N–H and O–H groups in total. The maximum Gasteiger partial charge on any atom is 0.262 e. The Morgan fingerprint density at radius 1 is 1.14 bits per heavy atom. The van der Waals surface area contributed by atoms with E-state index in [9.17, 15) is 4.79 Å². The maximum atomic E-state index is 13.4. The molecule has 0 spiro atoms. The Morgan fingerprint density at radius 3 is 2.93 bits per heavy atom. The number of fused-ring (bicyclic) bond motifs is 8. The normalized spacial score (nSPS) is 15.9. The number of methoxy groups -OCH3 is 1. The predicted molar refractivity (Wildman–Crippen MR) is 113 cm³/mol. The minimum atomic E-state index is 0.140. The molecule has 1 aliphatic carbocycles. The van der Waals surface area contributed by atoms with Crippen molar-refractivity contribution >= 4 is 32.5 Å². The molecule has 5 nitrogen and oxygen atoms in total. The van der Waals surface area contributed by atoms with Crippen LogP contribution in [0.25, 0.3) is 32.6 Å². The van der Waals surface area contributed by atoms with Crippen molar-refractivity contribution in [1.29, 1.82) is 0 Å². The molecule has 0 saturated heterocycles. The van der Waals surface area contributed by atoms with Crippen LogP contribution in [0, 0.1) is 0 Å². The molecule has 0 atom stereocenters. The third-order valence-corrected chi connectivity index (χ3v) is 7.43. The summed E-state index contributed by atoms with van der Waals surface area (Å²) in [5.41, 5.74) is 4.70. The van der Waals surface area contributed by atoms with Gasteiger partial charge in [0.2, 0.25) is 0 Å². The van der Waals surface area contributed by atoms with Crippen LogP contribution in [0.3, 0.4) is 0 Å². The highest BCUT2D eigenvalue weighted by Gasteiger charge is 2.27. The quantitative estimate of drug-likeness (QED) is 0.488. The number of H-pyrrole nitrogens is 1. The fourth-order valence-electron chi connectivity index (χ4n) is 4.84. The highest BCUT2D eigenvalue weighted by Crippen LogP contribution is 2.38. The van der Waals surface area contributed by atoms with Gasteiger partial charge in [-0.25, -0.2) is 4.98 Å². The summed E-state index contributed by atoms with van der Waals surface area (Å²) in [5.74, 6) is 1.63. The first kappa shape index (κ1) is 16.4. The Bertz CT molecular complexity index is 1310. The molecular formula is C22H21N3O2S. The van der Waals surface area contributed by atoms with Crippen molar-refractivity contribution in [2.45, 2.75) is 45.1 Å². The van der Waals surface area contributed by atoms with E-state index in [0.29, 0.717) is 6.54 Å². The van der Waals surface area contributed by atoms with Crippen LogP contribution in [0.15, 0.2) is 23.0 Å². The van der Waals surface area contributed by atoms with Crippen molar-refractivity contribution in [1.82, 2.24) is 14.5 Å². The van der Waals surface area contributed by atoms with Gasteiger partial charge in [-0.15, -0.1) is 11.3 Å². The number of ether oxygens (including phenoxy) is 1. The first-order valence-corrected chi connectivity index (χ1v) is 10.8. The molecule has 0 radical (unpaired) electrons. The predicted octanol–water partition coefficient (Wildman–Crippen LogP) is 4.44. The Balaban J connectivity index is 1.63. The molecule has 2 aliphatic rings. The zero-order chi connectivity index (χ0) is 18.8. The van der Waals surface area contributed by atoms with Gasteiger partial charge in [0.1, 0.15) is 10.6 Å². The van der Waals surface area contributed by atoms with E-state index in [1.54, 1.807) is 18.4 Å². The number of aromatic amines is 1. The van der Waals surface area contributed by atoms with Gasteiger partial charge in [-0.05, 0) is 61.4 Å². The summed E-state index contributed by atoms with van der Waals surface area (Å²) in [7, 11) is 1.69. The topological polar surface area (TPSA) is 59.9 Å². The SMILES string of the molecule is COc1ccc2[nH]c3c(c2c1)CCn1c-3nc2sc3c(c2c1=O)CCCCC3. The fourth-order valence-corrected chi connectivity index (χ4v) is 6.09. The summed E-state index contributed by atoms with van der Waals surface area (Å²) in [4.78, 5) is 24.3. The molecule has 0 fully saturated rings. The summed E-state index contributed by atoms with van der Waals surface area (Å²) in [6.07, 6.45) is 6.58. The number of benzene rings is 1. The summed E-state index contributed by atoms with van der Waals surface area (Å²) in [6.45, 7) is 0.679. The monoisotopic (exact) mass is 391 g/mol. The smallest absolute Gasteiger partial charge is 0.262 e. The van der Waals surface area contributed by atoms with Gasteiger partial charge >= 0.3 is 0 Å². The number of aryl methyl sites for hydroxylation is 3. The van der Waals surface area contributed by atoms with Crippen molar-refractivity contribution in [3.8, 4) is 17.3 Å². The van der Waals surface area contributed by atoms with E-state index in [4.69, 9.17) is 9.72 Å². The lowest BCUT2D eigenvalue weighted by atomic mass is 10.0. The second kappa shape index (κ2) is 5.95. The van der Waals surface area contributed by atoms with Crippen molar-refractivity contribution in [3.05, 3.63) is 44.6 Å². The lowest BCUT2D eigenvalue weighted by Gasteiger charge is -2.18. The molecule has 0 bridgehead atoms. The number of hydrogen-bond acceptors (Lipinski definition) is 4. The van der Waals surface area contributed by atoms with Crippen LogP contribution in [-0.2, 0) is 25.8 Å². The number of aromatic nitrogens is 3. The Kier molecular flexibility index (Phi) is 3.48. The van der Waals surface area contributed by atoms with E-state index in [1.165, 1.54) is 35.3 Å². The van der Waals surface area contributed by atoms with Crippen LogP contribution < -0.4 is 10.3 Å². The second-order valence-electron chi connectivity index (χ2n) is 7.78. The number of thiophene rings is 1. The van der Waals surface area contributed by atoms with E-state index in [-0.39, 0.29) is 5.56 Å². The van der Waals surface area contributed by atoms with E-state index in [0.717, 1.165) is 57.6 Å². The van der Waals surface area contributed by atoms with E-state index in [2.05, 4.69) is 11.1 Å². The van der Waals surface area contributed by atoms with Crippen LogP contribution in [0.4, 0.5) is 0 Å². The summed E-state index contributed by atoms with van der Waals surface area (Å²) in [6, 6.07) is 6.08. The van der Waals surface area contributed by atoms with E-state index < -0.39 is 0 Å². The lowest BCUT2D eigenvalue weighted by molar-refractivity contribution is 0.415. The molecule has 4 aromatic rings. The minimum Gasteiger partial charge on any atom is -0.497 e. The number of nitrogens with zero attached hydrogens (tertiary/aromatic N) is 2. The minimum absolute atomic E-state index is 0.140. The molecule has 1 aromatic carbocycles. The molecule has 4 heterocycles. The first-order chi connectivity index (χ1) is 13.7. The molecule has 0 amide bonds. The second-order valence-corrected chi connectivity index (χ2v) is 8.86. The van der Waals surface area contributed by atoms with Crippen LogP contribution in [0.1, 0.15) is 35.3 Å². The summed E-state index contributed by atoms with van der Waals surface area (Å²) in [5, 5.41) is 2.05. The van der Waals surface area contributed by atoms with Gasteiger partial charge in [0.15, 0.2) is 5.82 Å². The molecule has 6 heteroatoms. The fraction of sp³-hybridized carbons (Fsp3) is 0.364. The van der Waals surface area contributed by atoms with Crippen molar-refractivity contribution in [2.24, 2.45) is 0 Å². The maximum absolute atomic E-state index is 13.4. The third-order valence-electron chi connectivity index (χ3n) is 6.25. The van der Waals surface area contributed by atoms with Gasteiger partial charge in [0.05, 0.1) is 18.2 Å². The van der Waals surface area contributed by atoms with E-state index in [1.807, 2.05) is 16.7 Å². The van der Waals surface area contributed by atoms with Gasteiger partial charge in [0.25, 0.3) is 5.56 Å². The molecule has 28 heavy (non-hydrogen) atoms. The molecule has 0 saturated carbocycles. The van der Waals surface area contributed by atoms with Gasteiger partial charge in [-0.1, -0.05) is 6.42 Å². The van der Waals surface area contributed by atoms with Crippen LogP contribution in [-0.4, -0.2) is 21.6 Å². The molecule has 0 unspecified atom stereocenters. The third kappa shape index (κ3) is 2.18. The Morgan fingerprint density at radius 2 is 2.04 bits per heavy atom. The highest BCUT2D eigenvalue weighted by molar-refractivity contribution is 7.18. The zero-order valence-electron chi connectivity index (χ0n) is 15.8. The average molecular weight is 391 g/mol. The summed E-state index contributed by atoms with van der Waals surface area (Å²) < 4.78 is 7.29. The first-order valence-electron chi connectivity index (χ1n) is 9.98. The number of rotatable bonds is 1. The molecule has 142 valence electrons. The largest absolute Gasteiger partial charge is 0.497 e. The van der Waals surface area contributed by atoms with Crippen LogP contribution in [0.2, 0.25) is 0 Å². The Labute approximate surface area is 166 Å². The van der Waals surface area contributed by atoms with Gasteiger partial charge < -0.3 is 9.72 Å².